The monoisotopic (exact) mass is 365 g/mol. The van der Waals surface area contributed by atoms with Crippen LogP contribution in [0, 0.1) is 0 Å². The summed E-state index contributed by atoms with van der Waals surface area (Å²) in [6, 6.07) is 17.7. The molecule has 0 N–H and O–H groups in total. The molecule has 4 nitrogen and oxygen atoms in total. The standard InChI is InChI=1S/C21H20ClN3O/c1-25(15-19-14-23-11-12-24-19)21(26)13-20(16-5-3-2-4-6-16)17-7-9-18(22)10-8-17/h2-12,14,20H,13,15H2,1H3/t20-/m1/s1. The van der Waals surface area contributed by atoms with Crippen molar-refractivity contribution in [3.8, 4) is 0 Å². The second kappa shape index (κ2) is 8.59. The molecule has 1 amide bonds. The predicted molar refractivity (Wildman–Crippen MR) is 103 cm³/mol. The quantitative estimate of drug-likeness (QED) is 0.653. The largest absolute Gasteiger partial charge is 0.340 e. The van der Waals surface area contributed by atoms with Gasteiger partial charge in [-0.1, -0.05) is 54.1 Å². The van der Waals surface area contributed by atoms with Crippen LogP contribution in [-0.4, -0.2) is 27.8 Å². The van der Waals surface area contributed by atoms with Gasteiger partial charge in [-0.3, -0.25) is 14.8 Å². The molecule has 132 valence electrons. The minimum Gasteiger partial charge on any atom is -0.340 e. The molecule has 0 radical (unpaired) electrons. The maximum absolute atomic E-state index is 12.8. The summed E-state index contributed by atoms with van der Waals surface area (Å²) in [6.45, 7) is 0.439. The number of amides is 1. The van der Waals surface area contributed by atoms with Gasteiger partial charge in [0.2, 0.25) is 5.91 Å². The van der Waals surface area contributed by atoms with Gasteiger partial charge >= 0.3 is 0 Å². The van der Waals surface area contributed by atoms with E-state index in [0.29, 0.717) is 18.0 Å². The number of carbonyl (C=O) groups is 1. The van der Waals surface area contributed by atoms with Gasteiger partial charge in [-0.2, -0.15) is 0 Å². The molecule has 2 aromatic carbocycles. The van der Waals surface area contributed by atoms with Gasteiger partial charge in [-0.25, -0.2) is 0 Å². The molecule has 1 heterocycles. The van der Waals surface area contributed by atoms with E-state index < -0.39 is 0 Å². The summed E-state index contributed by atoms with van der Waals surface area (Å²) in [5.74, 6) is 0.0322. The van der Waals surface area contributed by atoms with Gasteiger partial charge in [-0.15, -0.1) is 0 Å². The zero-order valence-electron chi connectivity index (χ0n) is 14.5. The second-order valence-electron chi connectivity index (χ2n) is 6.17. The summed E-state index contributed by atoms with van der Waals surface area (Å²) in [5.41, 5.74) is 2.95. The van der Waals surface area contributed by atoms with Crippen LogP contribution in [0.2, 0.25) is 5.02 Å². The molecule has 5 heteroatoms. The van der Waals surface area contributed by atoms with Crippen LogP contribution in [-0.2, 0) is 11.3 Å². The zero-order valence-corrected chi connectivity index (χ0v) is 15.3. The Hall–Kier alpha value is -2.72. The molecule has 3 rings (SSSR count). The summed E-state index contributed by atoms with van der Waals surface area (Å²) >= 11 is 6.02. The first kappa shape index (κ1) is 18.1. The van der Waals surface area contributed by atoms with Crippen LogP contribution in [0.4, 0.5) is 0 Å². The summed E-state index contributed by atoms with van der Waals surface area (Å²) < 4.78 is 0. The van der Waals surface area contributed by atoms with Crippen LogP contribution in [0.5, 0.6) is 0 Å². The topological polar surface area (TPSA) is 46.1 Å². The van der Waals surface area contributed by atoms with Crippen molar-refractivity contribution in [2.24, 2.45) is 0 Å². The van der Waals surface area contributed by atoms with Gasteiger partial charge in [0.25, 0.3) is 0 Å². The molecular formula is C21H20ClN3O. The number of nitrogens with zero attached hydrogens (tertiary/aromatic N) is 3. The Bertz CT molecular complexity index is 838. The fourth-order valence-electron chi connectivity index (χ4n) is 2.88. The van der Waals surface area contributed by atoms with Gasteiger partial charge in [0.1, 0.15) is 0 Å². The van der Waals surface area contributed by atoms with Gasteiger partial charge in [0, 0.05) is 36.8 Å². The molecule has 0 aliphatic heterocycles. The van der Waals surface area contributed by atoms with Gasteiger partial charge in [0.15, 0.2) is 0 Å². The van der Waals surface area contributed by atoms with E-state index >= 15 is 0 Å². The van der Waals surface area contributed by atoms with Crippen molar-refractivity contribution in [1.29, 1.82) is 0 Å². The maximum atomic E-state index is 12.8. The Labute approximate surface area is 158 Å². The normalized spacial score (nSPS) is 11.8. The molecule has 0 fully saturated rings. The molecule has 1 aromatic heterocycles. The smallest absolute Gasteiger partial charge is 0.223 e. The third kappa shape index (κ3) is 4.67. The Morgan fingerprint density at radius 2 is 1.73 bits per heavy atom. The molecule has 0 unspecified atom stereocenters. The van der Waals surface area contributed by atoms with E-state index in [2.05, 4.69) is 22.1 Å². The highest BCUT2D eigenvalue weighted by molar-refractivity contribution is 6.30. The Morgan fingerprint density at radius 3 is 2.38 bits per heavy atom. The van der Waals surface area contributed by atoms with Gasteiger partial charge in [-0.05, 0) is 23.3 Å². The molecule has 0 aliphatic carbocycles. The zero-order chi connectivity index (χ0) is 18.4. The van der Waals surface area contributed by atoms with Crippen molar-refractivity contribution < 1.29 is 4.79 Å². The Kier molecular flexibility index (Phi) is 5.97. The molecule has 0 aliphatic rings. The minimum absolute atomic E-state index is 0.0229. The summed E-state index contributed by atoms with van der Waals surface area (Å²) in [5, 5.41) is 0.687. The molecular weight excluding hydrogens is 346 g/mol. The molecule has 26 heavy (non-hydrogen) atoms. The lowest BCUT2D eigenvalue weighted by atomic mass is 9.88. The van der Waals surface area contributed by atoms with Gasteiger partial charge < -0.3 is 4.90 Å². The summed E-state index contributed by atoms with van der Waals surface area (Å²) in [7, 11) is 1.79. The van der Waals surface area contributed by atoms with Crippen LogP contribution in [0.25, 0.3) is 0 Å². The lowest BCUT2D eigenvalue weighted by Gasteiger charge is -2.22. The highest BCUT2D eigenvalue weighted by Gasteiger charge is 2.20. The van der Waals surface area contributed by atoms with E-state index in [9.17, 15) is 4.79 Å². The number of hydrogen-bond donors (Lipinski definition) is 0. The van der Waals surface area contributed by atoms with E-state index in [-0.39, 0.29) is 11.8 Å². The van der Waals surface area contributed by atoms with E-state index in [1.165, 1.54) is 0 Å². The number of halogens is 1. The van der Waals surface area contributed by atoms with Crippen molar-refractivity contribution in [1.82, 2.24) is 14.9 Å². The average molecular weight is 366 g/mol. The lowest BCUT2D eigenvalue weighted by Crippen LogP contribution is -2.28. The SMILES string of the molecule is CN(Cc1cnccn1)C(=O)C[C@H](c1ccccc1)c1ccc(Cl)cc1. The molecule has 0 saturated carbocycles. The molecule has 1 atom stereocenters. The van der Waals surface area contributed by atoms with Crippen LogP contribution < -0.4 is 0 Å². The van der Waals surface area contributed by atoms with Crippen molar-refractivity contribution in [2.75, 3.05) is 7.05 Å². The molecule has 0 saturated heterocycles. The average Bonchev–Trinajstić information content (AvgIpc) is 2.68. The number of aromatic nitrogens is 2. The van der Waals surface area contributed by atoms with Crippen LogP contribution in [0.3, 0.4) is 0 Å². The predicted octanol–water partition coefficient (Wildman–Crippen LogP) is 4.31. The van der Waals surface area contributed by atoms with E-state index in [1.54, 1.807) is 30.5 Å². The fourth-order valence-corrected chi connectivity index (χ4v) is 3.01. The third-order valence-corrected chi connectivity index (χ3v) is 4.55. The van der Waals surface area contributed by atoms with E-state index in [1.807, 2.05) is 42.5 Å². The molecule has 0 bridgehead atoms. The van der Waals surface area contributed by atoms with Crippen molar-refractivity contribution in [3.05, 3.63) is 95.0 Å². The maximum Gasteiger partial charge on any atom is 0.223 e. The number of carbonyl (C=O) groups excluding carboxylic acids is 1. The first-order chi connectivity index (χ1) is 12.6. The highest BCUT2D eigenvalue weighted by Crippen LogP contribution is 2.29. The van der Waals surface area contributed by atoms with E-state index in [0.717, 1.165) is 16.8 Å². The Morgan fingerprint density at radius 1 is 1.04 bits per heavy atom. The molecule has 0 spiro atoms. The fraction of sp³-hybridized carbons (Fsp3) is 0.190. The van der Waals surface area contributed by atoms with Crippen LogP contribution in [0.1, 0.15) is 29.2 Å². The van der Waals surface area contributed by atoms with Crippen LogP contribution in [0.15, 0.2) is 73.2 Å². The number of rotatable bonds is 6. The van der Waals surface area contributed by atoms with Crippen LogP contribution >= 0.6 is 11.6 Å². The second-order valence-corrected chi connectivity index (χ2v) is 6.60. The lowest BCUT2D eigenvalue weighted by molar-refractivity contribution is -0.130. The van der Waals surface area contributed by atoms with Gasteiger partial charge in [0.05, 0.1) is 18.4 Å². The minimum atomic E-state index is -0.0229. The summed E-state index contributed by atoms with van der Waals surface area (Å²) in [6.07, 6.45) is 5.31. The highest BCUT2D eigenvalue weighted by atomic mass is 35.5. The first-order valence-electron chi connectivity index (χ1n) is 8.43. The number of benzene rings is 2. The number of hydrogen-bond acceptors (Lipinski definition) is 3. The Balaban J connectivity index is 1.79. The van der Waals surface area contributed by atoms with E-state index in [4.69, 9.17) is 11.6 Å². The first-order valence-corrected chi connectivity index (χ1v) is 8.80. The molecule has 3 aromatic rings. The summed E-state index contributed by atoms with van der Waals surface area (Å²) in [4.78, 5) is 22.8. The third-order valence-electron chi connectivity index (χ3n) is 4.29. The van der Waals surface area contributed by atoms with Crippen molar-refractivity contribution in [2.45, 2.75) is 18.9 Å². The van der Waals surface area contributed by atoms with Crippen molar-refractivity contribution in [3.63, 3.8) is 0 Å². The van der Waals surface area contributed by atoms with Crippen molar-refractivity contribution >= 4 is 17.5 Å².